The van der Waals surface area contributed by atoms with Gasteiger partial charge in [-0.25, -0.2) is 0 Å². The molecule has 0 atom stereocenters. The monoisotopic (exact) mass is 523 g/mol. The predicted octanol–water partition coefficient (Wildman–Crippen LogP) is 4.11. The van der Waals surface area contributed by atoms with Gasteiger partial charge >= 0.3 is 6.18 Å². The Morgan fingerprint density at radius 1 is 1.08 bits per heavy atom. The molecule has 0 radical (unpaired) electrons. The van der Waals surface area contributed by atoms with Crippen LogP contribution < -0.4 is 19.7 Å². The molecule has 2 aromatic carbocycles. The molecular formula is C27H36F3N3O4. The van der Waals surface area contributed by atoms with E-state index in [-0.39, 0.29) is 18.1 Å². The number of aliphatic hydroxyl groups is 1. The maximum Gasteiger partial charge on any atom is 0.422 e. The molecule has 1 aliphatic heterocycles. The number of nitriles is 1. The van der Waals surface area contributed by atoms with E-state index in [0.717, 1.165) is 57.3 Å². The molecule has 0 aromatic heterocycles. The van der Waals surface area contributed by atoms with Gasteiger partial charge in [-0.1, -0.05) is 18.2 Å². The van der Waals surface area contributed by atoms with E-state index in [1.165, 1.54) is 11.6 Å². The van der Waals surface area contributed by atoms with Crippen LogP contribution in [0.3, 0.4) is 0 Å². The molecule has 0 unspecified atom stereocenters. The van der Waals surface area contributed by atoms with Crippen molar-refractivity contribution in [2.45, 2.75) is 32.4 Å². The normalized spacial score (nSPS) is 12.4. The van der Waals surface area contributed by atoms with Gasteiger partial charge in [-0.15, -0.1) is 0 Å². The lowest BCUT2D eigenvalue weighted by molar-refractivity contribution is -0.153. The predicted molar refractivity (Wildman–Crippen MR) is 136 cm³/mol. The summed E-state index contributed by atoms with van der Waals surface area (Å²) in [4.78, 5) is 2.28. The maximum atomic E-state index is 12.4. The number of alkyl halides is 3. The number of hydrogen-bond acceptors (Lipinski definition) is 7. The van der Waals surface area contributed by atoms with Crippen molar-refractivity contribution in [3.05, 3.63) is 53.1 Å². The summed E-state index contributed by atoms with van der Waals surface area (Å²) in [6.45, 7) is 5.37. The van der Waals surface area contributed by atoms with Crippen LogP contribution in [-0.4, -0.2) is 71.0 Å². The minimum absolute atomic E-state index is 0.0685. The summed E-state index contributed by atoms with van der Waals surface area (Å²) in [6.07, 6.45) is -1.77. The Morgan fingerprint density at radius 3 is 2.49 bits per heavy atom. The van der Waals surface area contributed by atoms with Gasteiger partial charge in [0, 0.05) is 40.0 Å². The minimum atomic E-state index is -4.40. The SMILES string of the molecule is CCOCCCN1CCc2cc(CCNCCOc3ccccc3OCC(F)(F)F)cc(C#N)c21.CO. The van der Waals surface area contributed by atoms with Gasteiger partial charge in [0.25, 0.3) is 0 Å². The topological polar surface area (TPSA) is 87.0 Å². The number of nitrogens with one attached hydrogen (secondary N) is 1. The molecule has 0 amide bonds. The van der Waals surface area contributed by atoms with E-state index in [4.69, 9.17) is 19.3 Å². The fourth-order valence-electron chi connectivity index (χ4n) is 4.09. The minimum Gasteiger partial charge on any atom is -0.488 e. The van der Waals surface area contributed by atoms with Crippen molar-refractivity contribution < 1.29 is 32.5 Å². The van der Waals surface area contributed by atoms with E-state index in [1.807, 2.05) is 13.0 Å². The smallest absolute Gasteiger partial charge is 0.422 e. The molecule has 0 spiro atoms. The molecule has 204 valence electrons. The van der Waals surface area contributed by atoms with Gasteiger partial charge in [0.15, 0.2) is 18.1 Å². The summed E-state index contributed by atoms with van der Waals surface area (Å²) in [5, 5.41) is 20.0. The first-order valence-electron chi connectivity index (χ1n) is 12.4. The van der Waals surface area contributed by atoms with Gasteiger partial charge in [-0.3, -0.25) is 0 Å². The second kappa shape index (κ2) is 16.0. The molecule has 1 aliphatic rings. The number of ether oxygens (including phenoxy) is 3. The van der Waals surface area contributed by atoms with Crippen molar-refractivity contribution in [2.75, 3.05) is 64.6 Å². The highest BCUT2D eigenvalue weighted by Crippen LogP contribution is 2.33. The molecule has 37 heavy (non-hydrogen) atoms. The van der Waals surface area contributed by atoms with E-state index >= 15 is 0 Å². The Bertz CT molecular complexity index is 996. The van der Waals surface area contributed by atoms with Crippen molar-refractivity contribution in [1.82, 2.24) is 5.32 Å². The molecule has 2 N–H and O–H groups in total. The number of para-hydroxylation sites is 2. The van der Waals surface area contributed by atoms with Crippen molar-refractivity contribution in [3.8, 4) is 17.6 Å². The molecule has 0 aliphatic carbocycles. The van der Waals surface area contributed by atoms with Crippen LogP contribution in [0.1, 0.15) is 30.0 Å². The fraction of sp³-hybridized carbons (Fsp3) is 0.519. The molecular weight excluding hydrogens is 487 g/mol. The molecule has 0 bridgehead atoms. The molecule has 10 heteroatoms. The molecule has 0 saturated carbocycles. The Morgan fingerprint density at radius 2 is 1.81 bits per heavy atom. The standard InChI is InChI=1S/C26H32F3N3O3.CH4O/c1-2-33-14-5-12-32-13-9-21-16-20(17-22(18-30)25(21)32)8-10-31-11-15-34-23-6-3-4-7-24(23)35-19-26(27,28)29;1-2/h3-4,6-7,16-17,31H,2,5,8-15,19H2,1H3;2H,1H3. The highest BCUT2D eigenvalue weighted by molar-refractivity contribution is 5.68. The van der Waals surface area contributed by atoms with Crippen molar-refractivity contribution in [1.29, 1.82) is 5.26 Å². The number of aliphatic hydroxyl groups excluding tert-OH is 1. The van der Waals surface area contributed by atoms with Gasteiger partial charge in [0.05, 0.1) is 11.3 Å². The third-order valence-corrected chi connectivity index (χ3v) is 5.62. The number of halogens is 3. The van der Waals surface area contributed by atoms with Crippen LogP contribution in [0.2, 0.25) is 0 Å². The summed E-state index contributed by atoms with van der Waals surface area (Å²) in [7, 11) is 1.00. The van der Waals surface area contributed by atoms with E-state index in [2.05, 4.69) is 22.4 Å². The zero-order chi connectivity index (χ0) is 27.1. The van der Waals surface area contributed by atoms with E-state index < -0.39 is 12.8 Å². The summed E-state index contributed by atoms with van der Waals surface area (Å²) in [5.74, 6) is 0.348. The lowest BCUT2D eigenvalue weighted by Gasteiger charge is -2.21. The summed E-state index contributed by atoms with van der Waals surface area (Å²) in [5.41, 5.74) is 4.09. The fourth-order valence-corrected chi connectivity index (χ4v) is 4.09. The van der Waals surface area contributed by atoms with Gasteiger partial charge in [-0.05, 0) is 62.1 Å². The number of nitrogens with zero attached hydrogens (tertiary/aromatic N) is 2. The van der Waals surface area contributed by atoms with Crippen LogP contribution in [0.4, 0.5) is 18.9 Å². The molecule has 1 heterocycles. The number of hydrogen-bond donors (Lipinski definition) is 2. The second-order valence-corrected chi connectivity index (χ2v) is 8.25. The molecule has 0 fully saturated rings. The number of benzene rings is 2. The van der Waals surface area contributed by atoms with Gasteiger partial charge in [-0.2, -0.15) is 18.4 Å². The van der Waals surface area contributed by atoms with Gasteiger partial charge < -0.3 is 29.5 Å². The van der Waals surface area contributed by atoms with Crippen molar-refractivity contribution >= 4 is 5.69 Å². The first-order chi connectivity index (χ1) is 17.9. The first-order valence-corrected chi connectivity index (χ1v) is 12.4. The Hall–Kier alpha value is -3.00. The van der Waals surface area contributed by atoms with Crippen LogP contribution in [0, 0.1) is 11.3 Å². The van der Waals surface area contributed by atoms with Crippen molar-refractivity contribution in [2.24, 2.45) is 0 Å². The zero-order valence-electron chi connectivity index (χ0n) is 21.4. The average Bonchev–Trinajstić information content (AvgIpc) is 3.31. The van der Waals surface area contributed by atoms with E-state index in [9.17, 15) is 18.4 Å². The van der Waals surface area contributed by atoms with E-state index in [1.54, 1.807) is 18.2 Å². The zero-order valence-corrected chi connectivity index (χ0v) is 21.4. The van der Waals surface area contributed by atoms with Crippen LogP contribution in [0.25, 0.3) is 0 Å². The summed E-state index contributed by atoms with van der Waals surface area (Å²) in [6, 6.07) is 12.8. The molecule has 2 aromatic rings. The molecule has 7 nitrogen and oxygen atoms in total. The average molecular weight is 524 g/mol. The Balaban J connectivity index is 0.00000235. The highest BCUT2D eigenvalue weighted by atomic mass is 19.4. The lowest BCUT2D eigenvalue weighted by Crippen LogP contribution is -2.24. The van der Waals surface area contributed by atoms with Crippen LogP contribution >= 0.6 is 0 Å². The quantitative estimate of drug-likeness (QED) is 0.361. The van der Waals surface area contributed by atoms with E-state index in [0.29, 0.717) is 25.3 Å². The third-order valence-electron chi connectivity index (χ3n) is 5.62. The first kappa shape index (κ1) is 30.2. The third kappa shape index (κ3) is 10.1. The lowest BCUT2D eigenvalue weighted by atomic mass is 10.0. The Labute approximate surface area is 216 Å². The Kier molecular flexibility index (Phi) is 13.0. The number of fused-ring (bicyclic) bond motifs is 1. The van der Waals surface area contributed by atoms with Crippen LogP contribution in [0.5, 0.6) is 11.5 Å². The molecule has 0 saturated heterocycles. The summed E-state index contributed by atoms with van der Waals surface area (Å²) < 4.78 is 53.1. The van der Waals surface area contributed by atoms with Crippen LogP contribution in [0.15, 0.2) is 36.4 Å². The van der Waals surface area contributed by atoms with Gasteiger partial charge in [0.2, 0.25) is 0 Å². The number of anilines is 1. The second-order valence-electron chi connectivity index (χ2n) is 8.25. The van der Waals surface area contributed by atoms with Gasteiger partial charge in [0.1, 0.15) is 12.7 Å². The summed E-state index contributed by atoms with van der Waals surface area (Å²) >= 11 is 0. The molecule has 3 rings (SSSR count). The maximum absolute atomic E-state index is 12.4. The highest BCUT2D eigenvalue weighted by Gasteiger charge is 2.29. The number of rotatable bonds is 14. The van der Waals surface area contributed by atoms with Crippen molar-refractivity contribution in [3.63, 3.8) is 0 Å². The van der Waals surface area contributed by atoms with Crippen LogP contribution in [-0.2, 0) is 17.6 Å². The largest absolute Gasteiger partial charge is 0.488 e.